The molecule has 2 heterocycles. The Kier molecular flexibility index (Phi) is 3.40. The highest BCUT2D eigenvalue weighted by Gasteiger charge is 2.31. The van der Waals surface area contributed by atoms with E-state index in [-0.39, 0.29) is 16.4 Å². The predicted molar refractivity (Wildman–Crippen MR) is 78.4 cm³/mol. The number of carbonyl (C=O) groups excluding carboxylic acids is 2. The molecule has 19 heavy (non-hydrogen) atoms. The molecule has 1 aliphatic rings. The first-order chi connectivity index (χ1) is 9.22. The Morgan fingerprint density at radius 3 is 2.53 bits per heavy atom. The molecule has 2 aromatic rings. The van der Waals surface area contributed by atoms with Crippen molar-refractivity contribution in [2.45, 2.75) is 11.7 Å². The molecular weight excluding hydrogens is 278 g/mol. The Balaban J connectivity index is 1.75. The van der Waals surface area contributed by atoms with E-state index in [2.05, 4.69) is 23.5 Å². The maximum absolute atomic E-state index is 11.5. The SMILES string of the molecule is O=C1NC(=O)C(Cc2ccc(-c3ccccc3)s2)S1. The quantitative estimate of drug-likeness (QED) is 0.943. The van der Waals surface area contributed by atoms with Gasteiger partial charge in [-0.25, -0.2) is 0 Å². The zero-order chi connectivity index (χ0) is 13.2. The number of benzene rings is 1. The fraction of sp³-hybridized carbons (Fsp3) is 0.143. The van der Waals surface area contributed by atoms with Gasteiger partial charge in [-0.1, -0.05) is 42.1 Å². The van der Waals surface area contributed by atoms with Crippen LogP contribution < -0.4 is 5.32 Å². The van der Waals surface area contributed by atoms with Crippen LogP contribution in [0.15, 0.2) is 42.5 Å². The Morgan fingerprint density at radius 2 is 1.84 bits per heavy atom. The average Bonchev–Trinajstić information content (AvgIpc) is 2.99. The second-order valence-electron chi connectivity index (χ2n) is 4.22. The average molecular weight is 289 g/mol. The first kappa shape index (κ1) is 12.4. The van der Waals surface area contributed by atoms with Crippen molar-refractivity contribution in [2.75, 3.05) is 0 Å². The monoisotopic (exact) mass is 289 g/mol. The van der Waals surface area contributed by atoms with Crippen molar-refractivity contribution >= 4 is 34.2 Å². The largest absolute Gasteiger partial charge is 0.286 e. The molecule has 1 aromatic carbocycles. The van der Waals surface area contributed by atoms with Crippen LogP contribution >= 0.6 is 23.1 Å². The summed E-state index contributed by atoms with van der Waals surface area (Å²) in [5.74, 6) is -0.176. The van der Waals surface area contributed by atoms with Gasteiger partial charge in [0.15, 0.2) is 0 Å². The summed E-state index contributed by atoms with van der Waals surface area (Å²) < 4.78 is 0. The maximum atomic E-state index is 11.5. The molecule has 0 aliphatic carbocycles. The van der Waals surface area contributed by atoms with E-state index in [9.17, 15) is 9.59 Å². The molecule has 1 fully saturated rings. The third kappa shape index (κ3) is 2.72. The zero-order valence-corrected chi connectivity index (χ0v) is 11.6. The minimum Gasteiger partial charge on any atom is -0.286 e. The molecule has 1 atom stereocenters. The Hall–Kier alpha value is -1.59. The van der Waals surface area contributed by atoms with Crippen LogP contribution in [0.3, 0.4) is 0 Å². The van der Waals surface area contributed by atoms with E-state index in [1.165, 1.54) is 10.4 Å². The van der Waals surface area contributed by atoms with Gasteiger partial charge in [0.25, 0.3) is 5.24 Å². The van der Waals surface area contributed by atoms with E-state index in [1.54, 1.807) is 11.3 Å². The summed E-state index contributed by atoms with van der Waals surface area (Å²) in [5, 5.41) is 1.79. The number of thiophene rings is 1. The van der Waals surface area contributed by atoms with Crippen molar-refractivity contribution < 1.29 is 9.59 Å². The van der Waals surface area contributed by atoms with Crippen LogP contribution in [-0.4, -0.2) is 16.4 Å². The lowest BCUT2D eigenvalue weighted by molar-refractivity contribution is -0.118. The second kappa shape index (κ2) is 5.19. The third-order valence-electron chi connectivity index (χ3n) is 2.87. The molecule has 1 aromatic heterocycles. The summed E-state index contributed by atoms with van der Waals surface area (Å²) in [6.07, 6.45) is 0.611. The topological polar surface area (TPSA) is 46.2 Å². The molecule has 1 N–H and O–H groups in total. The van der Waals surface area contributed by atoms with Crippen LogP contribution in [0.5, 0.6) is 0 Å². The number of hydrogen-bond acceptors (Lipinski definition) is 4. The number of rotatable bonds is 3. The molecule has 3 nitrogen and oxygen atoms in total. The molecule has 1 saturated heterocycles. The van der Waals surface area contributed by atoms with Crippen molar-refractivity contribution in [1.29, 1.82) is 0 Å². The van der Waals surface area contributed by atoms with Crippen LogP contribution in [0.25, 0.3) is 10.4 Å². The normalized spacial score (nSPS) is 18.6. The van der Waals surface area contributed by atoms with Gasteiger partial charge in [-0.3, -0.25) is 14.9 Å². The third-order valence-corrected chi connectivity index (χ3v) is 5.01. The van der Waals surface area contributed by atoms with Gasteiger partial charge in [0.2, 0.25) is 5.91 Å². The molecule has 0 spiro atoms. The lowest BCUT2D eigenvalue weighted by atomic mass is 10.2. The summed E-state index contributed by atoms with van der Waals surface area (Å²) in [4.78, 5) is 24.9. The van der Waals surface area contributed by atoms with Gasteiger partial charge in [0, 0.05) is 16.2 Å². The van der Waals surface area contributed by atoms with Crippen molar-refractivity contribution in [2.24, 2.45) is 0 Å². The minimum atomic E-state index is -0.283. The molecular formula is C14H11NO2S2. The van der Waals surface area contributed by atoms with E-state index in [0.29, 0.717) is 6.42 Å². The molecule has 5 heteroatoms. The number of hydrogen-bond donors (Lipinski definition) is 1. The van der Waals surface area contributed by atoms with E-state index in [1.807, 2.05) is 24.3 Å². The van der Waals surface area contributed by atoms with Crippen molar-refractivity contribution in [3.05, 3.63) is 47.3 Å². The van der Waals surface area contributed by atoms with E-state index in [0.717, 1.165) is 16.6 Å². The maximum Gasteiger partial charge on any atom is 0.286 e. The molecule has 1 aliphatic heterocycles. The Morgan fingerprint density at radius 1 is 1.05 bits per heavy atom. The number of imide groups is 1. The zero-order valence-electron chi connectivity index (χ0n) is 9.96. The van der Waals surface area contributed by atoms with Crippen LogP contribution in [-0.2, 0) is 11.2 Å². The van der Waals surface area contributed by atoms with Gasteiger partial charge in [-0.05, 0) is 17.7 Å². The Labute approximate surface area is 119 Å². The van der Waals surface area contributed by atoms with Crippen LogP contribution in [0.4, 0.5) is 4.79 Å². The lowest BCUT2D eigenvalue weighted by Gasteiger charge is -2.01. The highest BCUT2D eigenvalue weighted by molar-refractivity contribution is 8.15. The highest BCUT2D eigenvalue weighted by Crippen LogP contribution is 2.31. The van der Waals surface area contributed by atoms with Gasteiger partial charge in [-0.15, -0.1) is 11.3 Å². The Bertz CT molecular complexity index is 621. The first-order valence-corrected chi connectivity index (χ1v) is 7.57. The molecule has 2 amide bonds. The molecule has 0 radical (unpaired) electrons. The van der Waals surface area contributed by atoms with E-state index >= 15 is 0 Å². The van der Waals surface area contributed by atoms with Crippen LogP contribution in [0.2, 0.25) is 0 Å². The fourth-order valence-corrected chi connectivity index (χ4v) is 3.97. The molecule has 1 unspecified atom stereocenters. The fourth-order valence-electron chi connectivity index (χ4n) is 1.96. The van der Waals surface area contributed by atoms with Gasteiger partial charge in [0.05, 0.1) is 5.25 Å². The number of nitrogens with one attached hydrogen (secondary N) is 1. The highest BCUT2D eigenvalue weighted by atomic mass is 32.2. The lowest BCUT2D eigenvalue weighted by Crippen LogP contribution is -2.25. The van der Waals surface area contributed by atoms with Crippen molar-refractivity contribution in [3.63, 3.8) is 0 Å². The van der Waals surface area contributed by atoms with Crippen molar-refractivity contribution in [3.8, 4) is 10.4 Å². The van der Waals surface area contributed by atoms with Crippen molar-refractivity contribution in [1.82, 2.24) is 5.32 Å². The van der Waals surface area contributed by atoms with Crippen LogP contribution in [0.1, 0.15) is 4.88 Å². The summed E-state index contributed by atoms with van der Waals surface area (Å²) in [6, 6.07) is 14.2. The van der Waals surface area contributed by atoms with E-state index < -0.39 is 0 Å². The van der Waals surface area contributed by atoms with Gasteiger partial charge in [0.1, 0.15) is 0 Å². The standard InChI is InChI=1S/C14H11NO2S2/c16-13-12(19-14(17)15-13)8-10-6-7-11(18-10)9-4-2-1-3-5-9/h1-7,12H,8H2,(H,15,16,17). The molecule has 96 valence electrons. The van der Waals surface area contributed by atoms with E-state index in [4.69, 9.17) is 0 Å². The predicted octanol–water partition coefficient (Wildman–Crippen LogP) is 3.31. The molecule has 0 bridgehead atoms. The summed E-state index contributed by atoms with van der Waals surface area (Å²) >= 11 is 2.75. The van der Waals surface area contributed by atoms with Crippen LogP contribution in [0, 0.1) is 0 Å². The van der Waals surface area contributed by atoms with Gasteiger partial charge in [-0.2, -0.15) is 0 Å². The van der Waals surface area contributed by atoms with Gasteiger partial charge >= 0.3 is 0 Å². The summed E-state index contributed by atoms with van der Waals surface area (Å²) in [6.45, 7) is 0. The molecule has 3 rings (SSSR count). The molecule has 0 saturated carbocycles. The summed E-state index contributed by atoms with van der Waals surface area (Å²) in [7, 11) is 0. The van der Waals surface area contributed by atoms with Gasteiger partial charge < -0.3 is 0 Å². The minimum absolute atomic E-state index is 0.176. The second-order valence-corrected chi connectivity index (χ2v) is 6.56. The number of amides is 2. The number of thioether (sulfide) groups is 1. The number of carbonyl (C=O) groups is 2. The smallest absolute Gasteiger partial charge is 0.286 e. The summed E-state index contributed by atoms with van der Waals surface area (Å²) in [5.41, 5.74) is 1.18. The first-order valence-electron chi connectivity index (χ1n) is 5.88.